The van der Waals surface area contributed by atoms with Gasteiger partial charge in [0.2, 0.25) is 5.88 Å². The number of methoxy groups -OCH3 is 1. The minimum Gasteiger partial charge on any atom is -0.481 e. The molecule has 9 heteroatoms. The fraction of sp³-hybridized carbons (Fsp3) is 0.571. The van der Waals surface area contributed by atoms with Crippen molar-refractivity contribution in [2.24, 2.45) is 0 Å². The first-order chi connectivity index (χ1) is 14.7. The van der Waals surface area contributed by atoms with E-state index in [1.165, 1.54) is 12.8 Å². The molecule has 0 aromatic carbocycles. The Morgan fingerprint density at radius 1 is 1.13 bits per heavy atom. The molecule has 3 aromatic heterocycles. The molecule has 1 saturated heterocycles. The van der Waals surface area contributed by atoms with Crippen LogP contribution >= 0.6 is 0 Å². The van der Waals surface area contributed by atoms with E-state index in [-0.39, 0.29) is 5.92 Å². The third-order valence-electron chi connectivity index (χ3n) is 6.39. The van der Waals surface area contributed by atoms with Gasteiger partial charge in [-0.05, 0) is 26.2 Å². The number of anilines is 1. The highest BCUT2D eigenvalue weighted by Gasteiger charge is 2.32. The largest absolute Gasteiger partial charge is 0.481 e. The van der Waals surface area contributed by atoms with Crippen LogP contribution in [-0.2, 0) is 17.7 Å². The summed E-state index contributed by atoms with van der Waals surface area (Å²) >= 11 is 0. The van der Waals surface area contributed by atoms with Gasteiger partial charge in [0, 0.05) is 31.4 Å². The van der Waals surface area contributed by atoms with E-state index in [9.17, 15) is 0 Å². The topological polar surface area (TPSA) is 90.6 Å². The van der Waals surface area contributed by atoms with Crippen LogP contribution in [0.5, 0.6) is 5.88 Å². The zero-order valence-corrected chi connectivity index (χ0v) is 17.3. The summed E-state index contributed by atoms with van der Waals surface area (Å²) in [6.07, 6.45) is 5.81. The summed E-state index contributed by atoms with van der Waals surface area (Å²) in [6, 6.07) is 0. The maximum absolute atomic E-state index is 5.67. The molecule has 1 aliphatic carbocycles. The van der Waals surface area contributed by atoms with Crippen LogP contribution in [0.1, 0.15) is 59.7 Å². The van der Waals surface area contributed by atoms with Crippen LogP contribution in [0.3, 0.4) is 0 Å². The highest BCUT2D eigenvalue weighted by atomic mass is 16.5. The molecule has 2 fully saturated rings. The van der Waals surface area contributed by atoms with E-state index in [1.54, 1.807) is 13.4 Å². The molecular formula is C21H25N7O2. The summed E-state index contributed by atoms with van der Waals surface area (Å²) in [5, 5.41) is 4.47. The van der Waals surface area contributed by atoms with Crippen LogP contribution in [0, 0.1) is 6.92 Å². The SMILES string of the molecule is COc1nc(C2CC2)nc2c1CN(c1ncnn3c(C)nc([C@@H]4CCOC4)c13)CC2. The van der Waals surface area contributed by atoms with Crippen LogP contribution in [0.15, 0.2) is 6.33 Å². The normalized spacial score (nSPS) is 21.3. The van der Waals surface area contributed by atoms with Crippen LogP contribution in [0.25, 0.3) is 5.52 Å². The fourth-order valence-electron chi connectivity index (χ4n) is 4.63. The predicted octanol–water partition coefficient (Wildman–Crippen LogP) is 2.18. The molecule has 1 atom stereocenters. The number of ether oxygens (including phenoxy) is 2. The van der Waals surface area contributed by atoms with E-state index < -0.39 is 0 Å². The average Bonchev–Trinajstić information content (AvgIpc) is 3.38. The van der Waals surface area contributed by atoms with Crippen molar-refractivity contribution in [3.63, 3.8) is 0 Å². The maximum Gasteiger partial charge on any atom is 0.221 e. The molecule has 5 heterocycles. The monoisotopic (exact) mass is 407 g/mol. The van der Waals surface area contributed by atoms with E-state index >= 15 is 0 Å². The molecule has 6 rings (SSSR count). The van der Waals surface area contributed by atoms with Crippen molar-refractivity contribution in [1.29, 1.82) is 0 Å². The average molecular weight is 407 g/mol. The summed E-state index contributed by atoms with van der Waals surface area (Å²) < 4.78 is 13.2. The van der Waals surface area contributed by atoms with Gasteiger partial charge in [-0.2, -0.15) is 10.1 Å². The first-order valence-corrected chi connectivity index (χ1v) is 10.7. The number of aromatic nitrogens is 6. The molecule has 2 aliphatic heterocycles. The molecule has 0 amide bonds. The third kappa shape index (κ3) is 2.83. The van der Waals surface area contributed by atoms with E-state index in [2.05, 4.69) is 10.00 Å². The minimum absolute atomic E-state index is 0.287. The molecule has 3 aliphatic rings. The Morgan fingerprint density at radius 2 is 2.03 bits per heavy atom. The Kier molecular flexibility index (Phi) is 4.12. The molecular weight excluding hydrogens is 382 g/mol. The smallest absolute Gasteiger partial charge is 0.221 e. The predicted molar refractivity (Wildman–Crippen MR) is 109 cm³/mol. The van der Waals surface area contributed by atoms with Crippen molar-refractivity contribution >= 4 is 11.3 Å². The van der Waals surface area contributed by atoms with Gasteiger partial charge in [-0.1, -0.05) is 0 Å². The first kappa shape index (κ1) is 18.0. The number of hydrogen-bond acceptors (Lipinski definition) is 8. The highest BCUT2D eigenvalue weighted by Crippen LogP contribution is 2.40. The van der Waals surface area contributed by atoms with Crippen molar-refractivity contribution in [1.82, 2.24) is 29.5 Å². The Bertz CT molecular complexity index is 1100. The number of aryl methyl sites for hydroxylation is 1. The molecule has 30 heavy (non-hydrogen) atoms. The Hall–Kier alpha value is -2.81. The molecule has 3 aromatic rings. The van der Waals surface area contributed by atoms with Gasteiger partial charge in [-0.25, -0.2) is 19.5 Å². The molecule has 0 bridgehead atoms. The van der Waals surface area contributed by atoms with Gasteiger partial charge in [-0.15, -0.1) is 0 Å². The molecule has 0 radical (unpaired) electrons. The number of fused-ring (bicyclic) bond motifs is 2. The van der Waals surface area contributed by atoms with Crippen LogP contribution in [0.2, 0.25) is 0 Å². The van der Waals surface area contributed by atoms with Crippen LogP contribution < -0.4 is 9.64 Å². The quantitative estimate of drug-likeness (QED) is 0.650. The highest BCUT2D eigenvalue weighted by molar-refractivity contribution is 5.73. The Morgan fingerprint density at radius 3 is 2.80 bits per heavy atom. The lowest BCUT2D eigenvalue weighted by molar-refractivity contribution is 0.193. The maximum atomic E-state index is 5.67. The number of nitrogens with zero attached hydrogens (tertiary/aromatic N) is 7. The second kappa shape index (κ2) is 6.87. The van der Waals surface area contributed by atoms with Crippen LogP contribution in [0.4, 0.5) is 5.82 Å². The van der Waals surface area contributed by atoms with Crippen molar-refractivity contribution in [2.75, 3.05) is 31.8 Å². The Labute approximate surface area is 174 Å². The van der Waals surface area contributed by atoms with Crippen molar-refractivity contribution < 1.29 is 9.47 Å². The minimum atomic E-state index is 0.287. The van der Waals surface area contributed by atoms with E-state index in [1.807, 2.05) is 11.4 Å². The molecule has 1 saturated carbocycles. The number of hydrogen-bond donors (Lipinski definition) is 0. The van der Waals surface area contributed by atoms with Gasteiger partial charge in [0.25, 0.3) is 0 Å². The van der Waals surface area contributed by atoms with Crippen molar-refractivity contribution in [3.8, 4) is 5.88 Å². The number of imidazole rings is 1. The first-order valence-electron chi connectivity index (χ1n) is 10.7. The second-order valence-electron chi connectivity index (χ2n) is 8.41. The summed E-state index contributed by atoms with van der Waals surface area (Å²) in [7, 11) is 1.69. The summed E-state index contributed by atoms with van der Waals surface area (Å²) in [6.45, 7) is 4.98. The molecule has 156 valence electrons. The molecule has 0 unspecified atom stereocenters. The Balaban J connectivity index is 1.42. The van der Waals surface area contributed by atoms with Gasteiger partial charge in [0.1, 0.15) is 23.5 Å². The van der Waals surface area contributed by atoms with Crippen LogP contribution in [-0.4, -0.2) is 56.4 Å². The molecule has 9 nitrogen and oxygen atoms in total. The van der Waals surface area contributed by atoms with Gasteiger partial charge in [0.05, 0.1) is 37.2 Å². The number of rotatable bonds is 4. The van der Waals surface area contributed by atoms with E-state index in [4.69, 9.17) is 29.4 Å². The fourth-order valence-corrected chi connectivity index (χ4v) is 4.63. The summed E-state index contributed by atoms with van der Waals surface area (Å²) in [4.78, 5) is 21.4. The zero-order valence-electron chi connectivity index (χ0n) is 17.3. The zero-order chi connectivity index (χ0) is 20.2. The van der Waals surface area contributed by atoms with Crippen molar-refractivity contribution in [3.05, 3.63) is 34.9 Å². The summed E-state index contributed by atoms with van der Waals surface area (Å²) in [5.74, 6) is 4.22. The van der Waals surface area contributed by atoms with E-state index in [0.717, 1.165) is 65.9 Å². The third-order valence-corrected chi connectivity index (χ3v) is 6.39. The summed E-state index contributed by atoms with van der Waals surface area (Å²) in [5.41, 5.74) is 4.20. The van der Waals surface area contributed by atoms with Gasteiger partial charge in [-0.3, -0.25) is 0 Å². The lowest BCUT2D eigenvalue weighted by Gasteiger charge is -2.30. The lowest BCUT2D eigenvalue weighted by Crippen LogP contribution is -2.33. The van der Waals surface area contributed by atoms with Gasteiger partial charge >= 0.3 is 0 Å². The van der Waals surface area contributed by atoms with E-state index in [0.29, 0.717) is 24.9 Å². The molecule has 0 spiro atoms. The molecule has 0 N–H and O–H groups in total. The van der Waals surface area contributed by atoms with Gasteiger partial charge < -0.3 is 14.4 Å². The lowest BCUT2D eigenvalue weighted by atomic mass is 10.0. The van der Waals surface area contributed by atoms with Gasteiger partial charge in [0.15, 0.2) is 5.82 Å². The standard InChI is InChI=1S/C21H25N7O2/c1-12-24-17(14-6-8-30-10-14)18-20(22-11-23-28(12)18)27-7-5-16-15(9-27)21(29-2)26-19(25-16)13-3-4-13/h11,13-14H,3-10H2,1-2H3/t14-/m1/s1. The second-order valence-corrected chi connectivity index (χ2v) is 8.41. The van der Waals surface area contributed by atoms with Crippen molar-refractivity contribution in [2.45, 2.75) is 51.0 Å².